The quantitative estimate of drug-likeness (QED) is 0.700. The summed E-state index contributed by atoms with van der Waals surface area (Å²) in [5, 5.41) is 6.28. The van der Waals surface area contributed by atoms with Gasteiger partial charge < -0.3 is 15.4 Å². The number of nitrogens with one attached hydrogen (secondary N) is 2. The van der Waals surface area contributed by atoms with Crippen LogP contribution < -0.4 is 10.6 Å². The molecule has 0 bridgehead atoms. The number of rotatable bonds is 8. The molecule has 1 aromatic carbocycles. The summed E-state index contributed by atoms with van der Waals surface area (Å²) in [6.07, 6.45) is 3.30. The van der Waals surface area contributed by atoms with Gasteiger partial charge in [-0.05, 0) is 30.7 Å². The summed E-state index contributed by atoms with van der Waals surface area (Å²) in [7, 11) is 0. The highest BCUT2D eigenvalue weighted by Gasteiger charge is 2.12. The van der Waals surface area contributed by atoms with Gasteiger partial charge in [-0.2, -0.15) is 0 Å². The van der Waals surface area contributed by atoms with Crippen molar-refractivity contribution in [2.45, 2.75) is 19.4 Å². The van der Waals surface area contributed by atoms with Crippen molar-refractivity contribution >= 4 is 29.4 Å². The van der Waals surface area contributed by atoms with E-state index in [-0.39, 0.29) is 25.0 Å². The minimum Gasteiger partial charge on any atom is -0.456 e. The Morgan fingerprint density at radius 3 is 2.56 bits per heavy atom. The summed E-state index contributed by atoms with van der Waals surface area (Å²) in [4.78, 5) is 31.4. The molecular weight excluding hydrogens is 344 g/mol. The van der Waals surface area contributed by atoms with Gasteiger partial charge in [-0.25, -0.2) is 9.97 Å². The van der Waals surface area contributed by atoms with Crippen LogP contribution in [0.15, 0.2) is 42.7 Å². The molecule has 7 nitrogen and oxygen atoms in total. The first kappa shape index (κ1) is 18.7. The van der Waals surface area contributed by atoms with E-state index in [9.17, 15) is 9.59 Å². The van der Waals surface area contributed by atoms with Crippen molar-refractivity contribution in [3.05, 3.63) is 53.3 Å². The van der Waals surface area contributed by atoms with Crippen LogP contribution in [-0.4, -0.2) is 35.0 Å². The lowest BCUT2D eigenvalue weighted by atomic mass is 10.1. The smallest absolute Gasteiger partial charge is 0.308 e. The molecule has 0 fully saturated rings. The van der Waals surface area contributed by atoms with Crippen LogP contribution in [0.1, 0.15) is 24.9 Å². The Labute approximate surface area is 150 Å². The SMILES string of the molecule is CC(NC(=O)COC(=O)CCNc1ncccn1)c1ccc(Cl)cc1. The molecule has 1 aromatic heterocycles. The number of esters is 1. The zero-order valence-electron chi connectivity index (χ0n) is 13.7. The molecule has 1 unspecified atom stereocenters. The van der Waals surface area contributed by atoms with Crippen molar-refractivity contribution in [1.29, 1.82) is 0 Å². The molecule has 1 heterocycles. The molecule has 0 saturated heterocycles. The standard InChI is InChI=1S/C17H19ClN4O3/c1-12(13-3-5-14(18)6-4-13)22-15(23)11-25-16(24)7-10-21-17-19-8-2-9-20-17/h2-6,8-9,12H,7,10-11H2,1H3,(H,22,23)(H,19,20,21). The van der Waals surface area contributed by atoms with Crippen molar-refractivity contribution in [3.8, 4) is 0 Å². The first-order valence-corrected chi connectivity index (χ1v) is 8.14. The van der Waals surface area contributed by atoms with Crippen molar-refractivity contribution < 1.29 is 14.3 Å². The number of carbonyl (C=O) groups is 2. The Morgan fingerprint density at radius 2 is 1.88 bits per heavy atom. The van der Waals surface area contributed by atoms with Crippen LogP contribution in [0.4, 0.5) is 5.95 Å². The Balaban J connectivity index is 1.65. The topological polar surface area (TPSA) is 93.2 Å². The first-order valence-electron chi connectivity index (χ1n) is 7.76. The maximum absolute atomic E-state index is 11.8. The second kappa shape index (κ2) is 9.58. The number of anilines is 1. The average Bonchev–Trinajstić information content (AvgIpc) is 2.61. The largest absolute Gasteiger partial charge is 0.456 e. The first-order chi connectivity index (χ1) is 12.0. The maximum Gasteiger partial charge on any atom is 0.308 e. The Hall–Kier alpha value is -2.67. The van der Waals surface area contributed by atoms with Crippen LogP contribution in [0.5, 0.6) is 0 Å². The van der Waals surface area contributed by atoms with Gasteiger partial charge in [0, 0.05) is 24.0 Å². The third-order valence-electron chi connectivity index (χ3n) is 3.29. The van der Waals surface area contributed by atoms with E-state index in [4.69, 9.17) is 16.3 Å². The highest BCUT2D eigenvalue weighted by Crippen LogP contribution is 2.15. The Kier molecular flexibility index (Phi) is 7.16. The Bertz CT molecular complexity index is 695. The summed E-state index contributed by atoms with van der Waals surface area (Å²) in [5.74, 6) is -0.405. The van der Waals surface area contributed by atoms with E-state index >= 15 is 0 Å². The highest BCUT2D eigenvalue weighted by molar-refractivity contribution is 6.30. The zero-order valence-corrected chi connectivity index (χ0v) is 14.5. The van der Waals surface area contributed by atoms with Crippen LogP contribution >= 0.6 is 11.6 Å². The summed E-state index contributed by atoms with van der Waals surface area (Å²) >= 11 is 5.83. The fraction of sp³-hybridized carbons (Fsp3) is 0.294. The molecule has 132 valence electrons. The molecule has 25 heavy (non-hydrogen) atoms. The molecule has 0 aliphatic rings. The van der Waals surface area contributed by atoms with E-state index < -0.39 is 5.97 Å². The number of halogens is 1. The summed E-state index contributed by atoms with van der Waals surface area (Å²) < 4.78 is 4.94. The van der Waals surface area contributed by atoms with Crippen LogP contribution in [0.25, 0.3) is 0 Å². The summed E-state index contributed by atoms with van der Waals surface area (Å²) in [5.41, 5.74) is 0.913. The van der Waals surface area contributed by atoms with Crippen molar-refractivity contribution in [1.82, 2.24) is 15.3 Å². The molecule has 0 saturated carbocycles. The van der Waals surface area contributed by atoms with Gasteiger partial charge in [0.05, 0.1) is 12.5 Å². The van der Waals surface area contributed by atoms with Gasteiger partial charge in [0.1, 0.15) is 0 Å². The fourth-order valence-corrected chi connectivity index (χ4v) is 2.13. The molecule has 1 amide bonds. The van der Waals surface area contributed by atoms with Gasteiger partial charge in [-0.15, -0.1) is 0 Å². The van der Waals surface area contributed by atoms with Crippen LogP contribution in [0, 0.1) is 0 Å². The van der Waals surface area contributed by atoms with E-state index in [1.807, 2.05) is 19.1 Å². The third-order valence-corrected chi connectivity index (χ3v) is 3.54. The molecule has 2 rings (SSSR count). The normalized spacial score (nSPS) is 11.4. The lowest BCUT2D eigenvalue weighted by Gasteiger charge is -2.14. The molecule has 0 aliphatic carbocycles. The summed E-state index contributed by atoms with van der Waals surface area (Å²) in [6.45, 7) is 1.84. The van der Waals surface area contributed by atoms with E-state index in [1.165, 1.54) is 0 Å². The minimum absolute atomic E-state index is 0.109. The van der Waals surface area contributed by atoms with Crippen LogP contribution in [-0.2, 0) is 14.3 Å². The van der Waals surface area contributed by atoms with E-state index in [1.54, 1.807) is 30.6 Å². The predicted octanol–water partition coefficient (Wildman–Crippen LogP) is 2.35. The fourth-order valence-electron chi connectivity index (χ4n) is 2.00. The number of nitrogens with zero attached hydrogens (tertiary/aromatic N) is 2. The molecule has 0 aliphatic heterocycles. The van der Waals surface area contributed by atoms with Crippen molar-refractivity contribution in [2.24, 2.45) is 0 Å². The van der Waals surface area contributed by atoms with Gasteiger partial charge in [0.2, 0.25) is 5.95 Å². The van der Waals surface area contributed by atoms with Gasteiger partial charge in [-0.3, -0.25) is 9.59 Å². The van der Waals surface area contributed by atoms with Crippen LogP contribution in [0.3, 0.4) is 0 Å². The lowest BCUT2D eigenvalue weighted by Crippen LogP contribution is -2.31. The van der Waals surface area contributed by atoms with Gasteiger partial charge in [-0.1, -0.05) is 23.7 Å². The molecule has 2 N–H and O–H groups in total. The number of aromatic nitrogens is 2. The third kappa shape index (κ3) is 6.76. The van der Waals surface area contributed by atoms with Gasteiger partial charge in [0.15, 0.2) is 6.61 Å². The van der Waals surface area contributed by atoms with Gasteiger partial charge in [0.25, 0.3) is 5.91 Å². The lowest BCUT2D eigenvalue weighted by molar-refractivity contribution is -0.148. The molecule has 0 radical (unpaired) electrons. The Morgan fingerprint density at radius 1 is 1.20 bits per heavy atom. The van der Waals surface area contributed by atoms with E-state index in [2.05, 4.69) is 20.6 Å². The number of hydrogen-bond donors (Lipinski definition) is 2. The molecule has 0 spiro atoms. The highest BCUT2D eigenvalue weighted by atomic mass is 35.5. The zero-order chi connectivity index (χ0) is 18.1. The molecule has 8 heteroatoms. The van der Waals surface area contributed by atoms with E-state index in [0.29, 0.717) is 17.5 Å². The second-order valence-corrected chi connectivity index (χ2v) is 5.69. The number of benzene rings is 1. The van der Waals surface area contributed by atoms with Crippen molar-refractivity contribution in [3.63, 3.8) is 0 Å². The second-order valence-electron chi connectivity index (χ2n) is 5.25. The number of ether oxygens (including phenoxy) is 1. The monoisotopic (exact) mass is 362 g/mol. The van der Waals surface area contributed by atoms with Crippen LogP contribution in [0.2, 0.25) is 5.02 Å². The van der Waals surface area contributed by atoms with Crippen molar-refractivity contribution in [2.75, 3.05) is 18.5 Å². The number of amides is 1. The number of hydrogen-bond acceptors (Lipinski definition) is 6. The van der Waals surface area contributed by atoms with Gasteiger partial charge >= 0.3 is 5.97 Å². The predicted molar refractivity (Wildman–Crippen MR) is 94.1 cm³/mol. The number of carbonyl (C=O) groups excluding carboxylic acids is 2. The minimum atomic E-state index is -0.474. The molecule has 2 aromatic rings. The van der Waals surface area contributed by atoms with E-state index in [0.717, 1.165) is 5.56 Å². The average molecular weight is 363 g/mol. The molecular formula is C17H19ClN4O3. The molecule has 1 atom stereocenters. The maximum atomic E-state index is 11.8. The summed E-state index contributed by atoms with van der Waals surface area (Å²) in [6, 6.07) is 8.66.